The smallest absolute Gasteiger partial charge is 0.295 e. The van der Waals surface area contributed by atoms with Crippen molar-refractivity contribution >= 4 is 5.65 Å². The van der Waals surface area contributed by atoms with Crippen LogP contribution in [-0.4, -0.2) is 58.1 Å². The van der Waals surface area contributed by atoms with E-state index in [2.05, 4.69) is 4.98 Å². The van der Waals surface area contributed by atoms with E-state index in [-0.39, 0.29) is 5.56 Å². The molecule has 0 atom stereocenters. The third-order valence-electron chi connectivity index (χ3n) is 4.19. The van der Waals surface area contributed by atoms with Crippen molar-refractivity contribution in [3.8, 4) is 0 Å². The second-order valence-corrected chi connectivity index (χ2v) is 6.14. The summed E-state index contributed by atoms with van der Waals surface area (Å²) in [6.45, 7) is 3.29. The van der Waals surface area contributed by atoms with Gasteiger partial charge >= 0.3 is 6.18 Å². The van der Waals surface area contributed by atoms with Crippen molar-refractivity contribution in [2.24, 2.45) is 0 Å². The second kappa shape index (κ2) is 6.52. The van der Waals surface area contributed by atoms with Crippen molar-refractivity contribution in [1.82, 2.24) is 19.2 Å². The molecule has 1 aliphatic heterocycles. The molecular weight excluding hydrogens is 321 g/mol. The van der Waals surface area contributed by atoms with Crippen molar-refractivity contribution in [2.75, 3.05) is 32.7 Å². The van der Waals surface area contributed by atoms with Gasteiger partial charge < -0.3 is 0 Å². The Morgan fingerprint density at radius 1 is 1.17 bits per heavy atom. The number of alkyl halides is 3. The first-order valence-electron chi connectivity index (χ1n) is 7.81. The highest BCUT2D eigenvalue weighted by molar-refractivity contribution is 5.46. The highest BCUT2D eigenvalue weighted by atomic mass is 19.4. The van der Waals surface area contributed by atoms with Crippen molar-refractivity contribution in [1.29, 1.82) is 0 Å². The third kappa shape index (κ3) is 3.93. The molecule has 2 aromatic heterocycles. The van der Waals surface area contributed by atoms with Crippen LogP contribution < -0.4 is 5.56 Å². The molecule has 0 radical (unpaired) electrons. The van der Waals surface area contributed by atoms with Gasteiger partial charge in [-0.2, -0.15) is 13.2 Å². The molecule has 3 rings (SSSR count). The van der Waals surface area contributed by atoms with Gasteiger partial charge in [0, 0.05) is 45.0 Å². The van der Waals surface area contributed by atoms with E-state index in [4.69, 9.17) is 0 Å². The Hall–Kier alpha value is -1.93. The Labute approximate surface area is 137 Å². The van der Waals surface area contributed by atoms with E-state index in [1.165, 1.54) is 15.4 Å². The van der Waals surface area contributed by atoms with Crippen molar-refractivity contribution < 1.29 is 13.2 Å². The number of fused-ring (bicyclic) bond motifs is 1. The highest BCUT2D eigenvalue weighted by Gasteiger charge is 2.32. The third-order valence-corrected chi connectivity index (χ3v) is 4.19. The van der Waals surface area contributed by atoms with Gasteiger partial charge in [0.25, 0.3) is 5.56 Å². The fourth-order valence-electron chi connectivity index (χ4n) is 2.98. The van der Waals surface area contributed by atoms with Crippen molar-refractivity contribution in [3.63, 3.8) is 0 Å². The molecule has 5 nitrogen and oxygen atoms in total. The number of hydrogen-bond donors (Lipinski definition) is 0. The predicted octanol–water partition coefficient (Wildman–Crippen LogP) is 1.68. The van der Waals surface area contributed by atoms with E-state index in [1.807, 2.05) is 17.9 Å². The Morgan fingerprint density at radius 2 is 1.83 bits per heavy atom. The summed E-state index contributed by atoms with van der Waals surface area (Å²) in [5, 5.41) is 0. The summed E-state index contributed by atoms with van der Waals surface area (Å²) in [6, 6.07) is 5.18. The van der Waals surface area contributed by atoms with Gasteiger partial charge in [-0.25, -0.2) is 4.98 Å². The highest BCUT2D eigenvalue weighted by Crippen LogP contribution is 2.18. The van der Waals surface area contributed by atoms with E-state index >= 15 is 0 Å². The van der Waals surface area contributed by atoms with Gasteiger partial charge in [-0.3, -0.25) is 19.0 Å². The molecular formula is C16H19F3N4O. The predicted molar refractivity (Wildman–Crippen MR) is 84.0 cm³/mol. The Morgan fingerprint density at radius 3 is 2.50 bits per heavy atom. The van der Waals surface area contributed by atoms with E-state index in [1.54, 1.807) is 12.3 Å². The van der Waals surface area contributed by atoms with Crippen LogP contribution in [0.2, 0.25) is 0 Å². The van der Waals surface area contributed by atoms with E-state index in [9.17, 15) is 18.0 Å². The minimum atomic E-state index is -4.16. The van der Waals surface area contributed by atoms with Gasteiger partial charge in [0.05, 0.1) is 12.2 Å². The van der Waals surface area contributed by atoms with E-state index in [0.717, 1.165) is 5.56 Å². The molecule has 0 aliphatic carbocycles. The van der Waals surface area contributed by atoms with Gasteiger partial charge in [-0.1, -0.05) is 6.07 Å². The first-order chi connectivity index (χ1) is 11.3. The quantitative estimate of drug-likeness (QED) is 0.853. The number of nitrogens with zero attached hydrogens (tertiary/aromatic N) is 4. The number of rotatable bonds is 3. The average molecular weight is 340 g/mol. The van der Waals surface area contributed by atoms with Gasteiger partial charge in [0.15, 0.2) is 0 Å². The monoisotopic (exact) mass is 340 g/mol. The van der Waals surface area contributed by atoms with Gasteiger partial charge in [0.2, 0.25) is 0 Å². The molecule has 1 aliphatic rings. The van der Waals surface area contributed by atoms with Crippen LogP contribution in [0.25, 0.3) is 5.65 Å². The average Bonchev–Trinajstić information content (AvgIpc) is 2.49. The molecule has 3 heterocycles. The molecule has 130 valence electrons. The molecule has 24 heavy (non-hydrogen) atoms. The van der Waals surface area contributed by atoms with Crippen LogP contribution in [0.3, 0.4) is 0 Å². The number of aryl methyl sites for hydroxylation is 1. The lowest BCUT2D eigenvalue weighted by molar-refractivity contribution is -0.149. The van der Waals surface area contributed by atoms with Crippen LogP contribution in [0, 0.1) is 6.92 Å². The molecule has 1 saturated heterocycles. The zero-order valence-electron chi connectivity index (χ0n) is 13.4. The maximum absolute atomic E-state index is 12.4. The molecule has 0 spiro atoms. The maximum atomic E-state index is 12.4. The fraction of sp³-hybridized carbons (Fsp3) is 0.500. The first-order valence-corrected chi connectivity index (χ1v) is 7.81. The van der Waals surface area contributed by atoms with Crippen LogP contribution in [0.15, 0.2) is 29.2 Å². The van der Waals surface area contributed by atoms with Crippen LogP contribution in [0.1, 0.15) is 11.3 Å². The van der Waals surface area contributed by atoms with Gasteiger partial charge in [0.1, 0.15) is 5.65 Å². The maximum Gasteiger partial charge on any atom is 0.401 e. The fourth-order valence-corrected chi connectivity index (χ4v) is 2.98. The number of halogens is 3. The molecule has 0 bridgehead atoms. The molecule has 0 N–H and O–H groups in total. The first kappa shape index (κ1) is 16.9. The van der Waals surface area contributed by atoms with Crippen LogP contribution in [0.4, 0.5) is 13.2 Å². The lowest BCUT2D eigenvalue weighted by Gasteiger charge is -2.34. The van der Waals surface area contributed by atoms with Gasteiger partial charge in [-0.05, 0) is 18.6 Å². The summed E-state index contributed by atoms with van der Waals surface area (Å²) in [5.41, 5.74) is 2.04. The van der Waals surface area contributed by atoms with Crippen molar-refractivity contribution in [2.45, 2.75) is 19.6 Å². The summed E-state index contributed by atoms with van der Waals surface area (Å²) >= 11 is 0. The minimum Gasteiger partial charge on any atom is -0.295 e. The summed E-state index contributed by atoms with van der Waals surface area (Å²) < 4.78 is 38.7. The summed E-state index contributed by atoms with van der Waals surface area (Å²) in [7, 11) is 0. The van der Waals surface area contributed by atoms with Crippen LogP contribution in [0.5, 0.6) is 0 Å². The van der Waals surface area contributed by atoms with Crippen LogP contribution >= 0.6 is 0 Å². The number of aromatic nitrogens is 2. The summed E-state index contributed by atoms with van der Waals surface area (Å²) in [4.78, 5) is 20.1. The second-order valence-electron chi connectivity index (χ2n) is 6.14. The largest absolute Gasteiger partial charge is 0.401 e. The minimum absolute atomic E-state index is 0.144. The lowest BCUT2D eigenvalue weighted by atomic mass is 10.2. The summed E-state index contributed by atoms with van der Waals surface area (Å²) in [5.74, 6) is 0. The number of pyridine rings is 1. The Bertz CT molecular complexity index is 779. The normalized spacial score (nSPS) is 17.5. The molecule has 1 fully saturated rings. The van der Waals surface area contributed by atoms with Crippen molar-refractivity contribution in [3.05, 3.63) is 46.0 Å². The topological polar surface area (TPSA) is 40.9 Å². The molecule has 2 aromatic rings. The van der Waals surface area contributed by atoms with Gasteiger partial charge in [-0.15, -0.1) is 0 Å². The van der Waals surface area contributed by atoms with E-state index < -0.39 is 12.7 Å². The molecule has 8 heteroatoms. The van der Waals surface area contributed by atoms with E-state index in [0.29, 0.717) is 44.1 Å². The van der Waals surface area contributed by atoms with Crippen LogP contribution in [-0.2, 0) is 6.54 Å². The molecule has 0 aromatic carbocycles. The summed E-state index contributed by atoms with van der Waals surface area (Å²) in [6.07, 6.45) is -2.48. The molecule has 0 unspecified atom stereocenters. The Balaban J connectivity index is 1.68. The number of hydrogen-bond acceptors (Lipinski definition) is 4. The lowest BCUT2D eigenvalue weighted by Crippen LogP contribution is -2.48. The Kier molecular flexibility index (Phi) is 4.60. The standard InChI is InChI=1S/C16H19F3N4O/c1-12-3-2-4-23-14(24)9-13(20-15(12)23)10-21-5-7-22(8-6-21)11-16(17,18)19/h2-4,9H,5-8,10-11H2,1H3. The number of piperazine rings is 1. The zero-order valence-corrected chi connectivity index (χ0v) is 13.4. The molecule has 0 saturated carbocycles. The molecule has 0 amide bonds. The SMILES string of the molecule is Cc1cccn2c(=O)cc(CN3CCN(CC(F)(F)F)CC3)nc12. The zero-order chi connectivity index (χ0) is 17.3.